The maximum absolute atomic E-state index is 2.38. The monoisotopic (exact) mass is 132 g/mol. The summed E-state index contributed by atoms with van der Waals surface area (Å²) in [6, 6.07) is 0. The van der Waals surface area contributed by atoms with E-state index in [1.807, 2.05) is 0 Å². The lowest BCUT2D eigenvalue weighted by Gasteiger charge is -2.03. The fraction of sp³-hybridized carbons (Fsp3) is 0.400. The maximum atomic E-state index is 2.38. The van der Waals surface area contributed by atoms with Crippen molar-refractivity contribution in [3.8, 4) is 0 Å². The van der Waals surface area contributed by atoms with Gasteiger partial charge in [0, 0.05) is 0 Å². The summed E-state index contributed by atoms with van der Waals surface area (Å²) in [6.07, 6.45) is 12.6. The minimum absolute atomic E-state index is 0.722. The average Bonchev–Trinajstić information content (AvgIpc) is 2.18. The van der Waals surface area contributed by atoms with E-state index in [1.165, 1.54) is 6.42 Å². The molecular weight excluding hydrogens is 120 g/mol. The number of hydrogen-bond acceptors (Lipinski definition) is 0. The van der Waals surface area contributed by atoms with Gasteiger partial charge in [0.25, 0.3) is 0 Å². The molecule has 0 aliphatic heterocycles. The van der Waals surface area contributed by atoms with Crippen LogP contribution in [0.15, 0.2) is 36.0 Å². The van der Waals surface area contributed by atoms with E-state index < -0.39 is 0 Å². The topological polar surface area (TPSA) is 0 Å². The summed E-state index contributed by atoms with van der Waals surface area (Å²) < 4.78 is 0. The molecule has 0 aromatic rings. The van der Waals surface area contributed by atoms with Crippen molar-refractivity contribution in [1.82, 2.24) is 0 Å². The molecule has 0 radical (unpaired) electrons. The van der Waals surface area contributed by atoms with Gasteiger partial charge in [-0.25, -0.2) is 0 Å². The average molecular weight is 132 g/mol. The van der Waals surface area contributed by atoms with Crippen LogP contribution in [-0.4, -0.2) is 0 Å². The maximum Gasteiger partial charge on any atom is -0.00141 e. The first kappa shape index (κ1) is 5.96. The van der Waals surface area contributed by atoms with Crippen LogP contribution in [0.3, 0.4) is 0 Å². The molecule has 2 bridgehead atoms. The van der Waals surface area contributed by atoms with Crippen molar-refractivity contribution in [2.75, 3.05) is 0 Å². The molecule has 2 aliphatic carbocycles. The molecule has 0 N–H and O–H groups in total. The van der Waals surface area contributed by atoms with E-state index in [0.717, 1.165) is 11.8 Å². The van der Waals surface area contributed by atoms with Crippen molar-refractivity contribution in [3.05, 3.63) is 36.0 Å². The molecular formula is C10H12. The van der Waals surface area contributed by atoms with E-state index in [4.69, 9.17) is 0 Å². The summed E-state index contributed by atoms with van der Waals surface area (Å²) >= 11 is 0. The Bertz CT molecular complexity index is 218. The first-order chi connectivity index (χ1) is 4.86. The first-order valence-electron chi connectivity index (χ1n) is 3.89. The molecule has 0 aromatic carbocycles. The van der Waals surface area contributed by atoms with E-state index in [9.17, 15) is 0 Å². The Labute approximate surface area is 61.9 Å². The van der Waals surface area contributed by atoms with Gasteiger partial charge in [-0.3, -0.25) is 0 Å². The molecule has 0 aromatic heterocycles. The second kappa shape index (κ2) is 2.12. The predicted molar refractivity (Wildman–Crippen MR) is 43.6 cm³/mol. The molecule has 2 rings (SSSR count). The normalized spacial score (nSPS) is 35.9. The molecule has 0 heterocycles. The summed E-state index contributed by atoms with van der Waals surface area (Å²) in [5.74, 6) is 1.46. The van der Waals surface area contributed by atoms with Gasteiger partial charge in [-0.15, -0.1) is 0 Å². The van der Waals surface area contributed by atoms with Gasteiger partial charge in [0.1, 0.15) is 0 Å². The Morgan fingerprint density at radius 3 is 3.00 bits per heavy atom. The predicted octanol–water partition coefficient (Wildman–Crippen LogP) is 2.69. The van der Waals surface area contributed by atoms with Gasteiger partial charge in [0.15, 0.2) is 0 Å². The molecule has 2 aliphatic rings. The standard InChI is InChI=1S/C10H12/c1-8-6-9-4-2-3-5-10(8)7-9/h2-6,9-10H,7H2,1H3. The Hall–Kier alpha value is -0.780. The Morgan fingerprint density at radius 1 is 1.30 bits per heavy atom. The lowest BCUT2D eigenvalue weighted by atomic mass is 10.0. The molecule has 0 spiro atoms. The zero-order valence-electron chi connectivity index (χ0n) is 6.25. The van der Waals surface area contributed by atoms with Crippen LogP contribution in [0.1, 0.15) is 13.3 Å². The fourth-order valence-corrected chi connectivity index (χ4v) is 1.78. The largest absolute Gasteiger partial charge is 0.0781 e. The third-order valence-corrected chi connectivity index (χ3v) is 2.40. The van der Waals surface area contributed by atoms with Gasteiger partial charge in [-0.05, 0) is 25.2 Å². The molecule has 2 unspecified atom stereocenters. The van der Waals surface area contributed by atoms with Crippen LogP contribution in [0, 0.1) is 11.8 Å². The summed E-state index contributed by atoms with van der Waals surface area (Å²) in [5, 5.41) is 0. The lowest BCUT2D eigenvalue weighted by molar-refractivity contribution is 0.667. The van der Waals surface area contributed by atoms with Gasteiger partial charge >= 0.3 is 0 Å². The highest BCUT2D eigenvalue weighted by molar-refractivity contribution is 5.27. The molecule has 0 amide bonds. The molecule has 2 atom stereocenters. The van der Waals surface area contributed by atoms with E-state index in [0.29, 0.717) is 0 Å². The highest BCUT2D eigenvalue weighted by Gasteiger charge is 2.20. The van der Waals surface area contributed by atoms with Crippen LogP contribution >= 0.6 is 0 Å². The van der Waals surface area contributed by atoms with Crippen LogP contribution in [0.4, 0.5) is 0 Å². The van der Waals surface area contributed by atoms with Crippen molar-refractivity contribution < 1.29 is 0 Å². The summed E-state index contributed by atoms with van der Waals surface area (Å²) in [5.41, 5.74) is 1.55. The van der Waals surface area contributed by atoms with E-state index in [-0.39, 0.29) is 0 Å². The SMILES string of the molecule is CC1=CC2C=CC=CC1C2. The van der Waals surface area contributed by atoms with Crippen LogP contribution in [-0.2, 0) is 0 Å². The molecule has 0 heteroatoms. The van der Waals surface area contributed by atoms with E-state index in [1.54, 1.807) is 5.57 Å². The van der Waals surface area contributed by atoms with Gasteiger partial charge in [-0.2, -0.15) is 0 Å². The Kier molecular flexibility index (Phi) is 1.26. The summed E-state index contributed by atoms with van der Waals surface area (Å²) in [4.78, 5) is 0. The number of rotatable bonds is 0. The van der Waals surface area contributed by atoms with Crippen molar-refractivity contribution >= 4 is 0 Å². The molecule has 0 fully saturated rings. The highest BCUT2D eigenvalue weighted by Crippen LogP contribution is 2.33. The minimum Gasteiger partial charge on any atom is -0.0781 e. The molecule has 10 heavy (non-hydrogen) atoms. The van der Waals surface area contributed by atoms with Crippen LogP contribution < -0.4 is 0 Å². The van der Waals surface area contributed by atoms with Gasteiger partial charge in [-0.1, -0.05) is 36.0 Å². The Balaban J connectivity index is 2.34. The highest BCUT2D eigenvalue weighted by atomic mass is 14.2. The smallest absolute Gasteiger partial charge is 0.00141 e. The second-order valence-electron chi connectivity index (χ2n) is 3.19. The van der Waals surface area contributed by atoms with Crippen molar-refractivity contribution in [3.63, 3.8) is 0 Å². The van der Waals surface area contributed by atoms with Gasteiger partial charge < -0.3 is 0 Å². The first-order valence-corrected chi connectivity index (χ1v) is 3.89. The van der Waals surface area contributed by atoms with Crippen molar-refractivity contribution in [2.45, 2.75) is 13.3 Å². The van der Waals surface area contributed by atoms with Gasteiger partial charge in [0.05, 0.1) is 0 Å². The number of allylic oxidation sites excluding steroid dienone is 6. The van der Waals surface area contributed by atoms with Crippen LogP contribution in [0.5, 0.6) is 0 Å². The molecule has 0 nitrogen and oxygen atoms in total. The number of hydrogen-bond donors (Lipinski definition) is 0. The van der Waals surface area contributed by atoms with Crippen LogP contribution in [0.2, 0.25) is 0 Å². The summed E-state index contributed by atoms with van der Waals surface area (Å²) in [6.45, 7) is 2.23. The summed E-state index contributed by atoms with van der Waals surface area (Å²) in [7, 11) is 0. The third kappa shape index (κ3) is 0.841. The second-order valence-corrected chi connectivity index (χ2v) is 3.19. The van der Waals surface area contributed by atoms with Crippen molar-refractivity contribution in [1.29, 1.82) is 0 Å². The molecule has 0 saturated carbocycles. The van der Waals surface area contributed by atoms with Crippen LogP contribution in [0.25, 0.3) is 0 Å². The zero-order chi connectivity index (χ0) is 6.97. The Morgan fingerprint density at radius 2 is 2.10 bits per heavy atom. The van der Waals surface area contributed by atoms with E-state index in [2.05, 4.69) is 37.3 Å². The lowest BCUT2D eigenvalue weighted by Crippen LogP contribution is -1.92. The quantitative estimate of drug-likeness (QED) is 0.444. The molecule has 52 valence electrons. The zero-order valence-corrected chi connectivity index (χ0v) is 6.25. The van der Waals surface area contributed by atoms with Gasteiger partial charge in [0.2, 0.25) is 0 Å². The molecule has 0 saturated heterocycles. The minimum atomic E-state index is 0.722. The number of fused-ring (bicyclic) bond motifs is 2. The van der Waals surface area contributed by atoms with E-state index >= 15 is 0 Å². The third-order valence-electron chi connectivity index (χ3n) is 2.40. The van der Waals surface area contributed by atoms with Crippen molar-refractivity contribution in [2.24, 2.45) is 11.8 Å². The fourth-order valence-electron chi connectivity index (χ4n) is 1.78.